The monoisotopic (exact) mass is 392 g/mol. The van der Waals surface area contributed by atoms with E-state index in [9.17, 15) is 14.4 Å². The fourth-order valence-corrected chi connectivity index (χ4v) is 5.86. The SMILES string of the molecule is O=C([C@H](Cc1ccccc1)N1C(=O)[C@@H]2[C@@H](C1=O)[C@H]1C=C[C@@H]2C1)N1CCCCCC1. The van der Waals surface area contributed by atoms with Crippen LogP contribution in [0, 0.1) is 23.7 Å². The van der Waals surface area contributed by atoms with Crippen LogP contribution in [0.15, 0.2) is 42.5 Å². The number of carbonyl (C=O) groups is 3. The van der Waals surface area contributed by atoms with E-state index in [1.807, 2.05) is 35.2 Å². The van der Waals surface area contributed by atoms with E-state index in [4.69, 9.17) is 0 Å². The zero-order valence-corrected chi connectivity index (χ0v) is 16.7. The van der Waals surface area contributed by atoms with Crippen molar-refractivity contribution in [3.05, 3.63) is 48.0 Å². The Morgan fingerprint density at radius 2 is 1.48 bits per heavy atom. The van der Waals surface area contributed by atoms with Crippen LogP contribution in [0.3, 0.4) is 0 Å². The van der Waals surface area contributed by atoms with E-state index in [0.29, 0.717) is 6.42 Å². The van der Waals surface area contributed by atoms with Gasteiger partial charge in [0.2, 0.25) is 17.7 Å². The fourth-order valence-electron chi connectivity index (χ4n) is 5.86. The predicted molar refractivity (Wildman–Crippen MR) is 109 cm³/mol. The second-order valence-corrected chi connectivity index (χ2v) is 8.99. The van der Waals surface area contributed by atoms with E-state index in [1.54, 1.807) is 0 Å². The Morgan fingerprint density at radius 1 is 0.897 bits per heavy atom. The van der Waals surface area contributed by atoms with E-state index < -0.39 is 6.04 Å². The van der Waals surface area contributed by atoms with Gasteiger partial charge in [-0.05, 0) is 36.7 Å². The fraction of sp³-hybridized carbons (Fsp3) is 0.542. The molecule has 5 heteroatoms. The molecule has 152 valence electrons. The summed E-state index contributed by atoms with van der Waals surface area (Å²) in [6.07, 6.45) is 9.75. The lowest BCUT2D eigenvalue weighted by Gasteiger charge is -2.32. The summed E-state index contributed by atoms with van der Waals surface area (Å²) in [5, 5.41) is 0. The Hall–Kier alpha value is -2.43. The first-order valence-corrected chi connectivity index (χ1v) is 11.0. The van der Waals surface area contributed by atoms with Gasteiger partial charge in [-0.15, -0.1) is 0 Å². The minimum absolute atomic E-state index is 0.0577. The molecule has 2 aliphatic heterocycles. The van der Waals surface area contributed by atoms with E-state index in [0.717, 1.165) is 50.8 Å². The first-order chi connectivity index (χ1) is 14.1. The summed E-state index contributed by atoms with van der Waals surface area (Å²) < 4.78 is 0. The topological polar surface area (TPSA) is 57.7 Å². The number of fused-ring (bicyclic) bond motifs is 5. The first kappa shape index (κ1) is 18.6. The van der Waals surface area contributed by atoms with Crippen LogP contribution in [0.5, 0.6) is 0 Å². The molecule has 4 aliphatic rings. The van der Waals surface area contributed by atoms with Crippen molar-refractivity contribution in [2.24, 2.45) is 23.7 Å². The Bertz CT molecular complexity index is 811. The first-order valence-electron chi connectivity index (χ1n) is 11.0. The highest BCUT2D eigenvalue weighted by atomic mass is 16.2. The predicted octanol–water partition coefficient (Wildman–Crippen LogP) is 2.81. The molecule has 2 heterocycles. The molecule has 0 radical (unpaired) electrons. The lowest BCUT2D eigenvalue weighted by molar-refractivity contribution is -0.152. The summed E-state index contributed by atoms with van der Waals surface area (Å²) in [6, 6.07) is 9.04. The summed E-state index contributed by atoms with van der Waals surface area (Å²) in [5.41, 5.74) is 0.986. The quantitative estimate of drug-likeness (QED) is 0.585. The Morgan fingerprint density at radius 3 is 2.07 bits per heavy atom. The van der Waals surface area contributed by atoms with Gasteiger partial charge >= 0.3 is 0 Å². The van der Waals surface area contributed by atoms with Gasteiger partial charge in [0.25, 0.3) is 0 Å². The second kappa shape index (κ2) is 7.43. The number of allylic oxidation sites excluding steroid dienone is 2. The summed E-state index contributed by atoms with van der Waals surface area (Å²) in [4.78, 5) is 43.6. The third kappa shape index (κ3) is 3.11. The van der Waals surface area contributed by atoms with Crippen molar-refractivity contribution in [3.8, 4) is 0 Å². The number of hydrogen-bond donors (Lipinski definition) is 0. The minimum Gasteiger partial charge on any atom is -0.341 e. The molecule has 5 nitrogen and oxygen atoms in total. The van der Waals surface area contributed by atoms with Crippen LogP contribution in [-0.2, 0) is 20.8 Å². The number of nitrogens with zero attached hydrogens (tertiary/aromatic N) is 2. The standard InChI is InChI=1S/C24H28N2O3/c27-22(25-12-6-1-2-7-13-25)19(14-16-8-4-3-5-9-16)26-23(28)20-17-10-11-18(15-17)21(20)24(26)29/h3-5,8-11,17-21H,1-2,6-7,12-15H2/t17-,18+,19-,20-,21-/m0/s1. The van der Waals surface area contributed by atoms with Crippen LogP contribution < -0.4 is 0 Å². The number of carbonyl (C=O) groups excluding carboxylic acids is 3. The van der Waals surface area contributed by atoms with Crippen LogP contribution in [0.4, 0.5) is 0 Å². The average molecular weight is 392 g/mol. The molecule has 2 aliphatic carbocycles. The minimum atomic E-state index is -0.722. The highest BCUT2D eigenvalue weighted by molar-refractivity contribution is 6.09. The van der Waals surface area contributed by atoms with Gasteiger partial charge in [-0.1, -0.05) is 55.3 Å². The number of likely N-dealkylation sites (tertiary alicyclic amines) is 2. The maximum atomic E-state index is 13.6. The van der Waals surface area contributed by atoms with Gasteiger partial charge in [0.1, 0.15) is 6.04 Å². The Kier molecular flexibility index (Phi) is 4.76. The van der Waals surface area contributed by atoms with Crippen LogP contribution in [0.2, 0.25) is 0 Å². The van der Waals surface area contributed by atoms with E-state index in [1.165, 1.54) is 4.90 Å². The molecule has 1 aromatic rings. The molecule has 0 spiro atoms. The van der Waals surface area contributed by atoms with Gasteiger partial charge in [-0.25, -0.2) is 0 Å². The van der Waals surface area contributed by atoms with Crippen molar-refractivity contribution in [3.63, 3.8) is 0 Å². The number of amides is 3. The summed E-state index contributed by atoms with van der Waals surface area (Å²) >= 11 is 0. The highest BCUT2D eigenvalue weighted by Gasteiger charge is 2.61. The summed E-state index contributed by atoms with van der Waals surface area (Å²) in [6.45, 7) is 1.44. The van der Waals surface area contributed by atoms with Gasteiger partial charge in [-0.3, -0.25) is 19.3 Å². The van der Waals surface area contributed by atoms with E-state index >= 15 is 0 Å². The van der Waals surface area contributed by atoms with Crippen LogP contribution in [0.1, 0.15) is 37.7 Å². The molecule has 0 N–H and O–H groups in total. The number of rotatable bonds is 4. The molecule has 1 aromatic carbocycles. The third-order valence-electron chi connectivity index (χ3n) is 7.29. The lowest BCUT2D eigenvalue weighted by atomic mass is 9.85. The maximum absolute atomic E-state index is 13.6. The van der Waals surface area contributed by atoms with Crippen molar-refractivity contribution in [2.75, 3.05) is 13.1 Å². The second-order valence-electron chi connectivity index (χ2n) is 8.99. The van der Waals surface area contributed by atoms with Gasteiger partial charge in [-0.2, -0.15) is 0 Å². The van der Waals surface area contributed by atoms with Crippen LogP contribution >= 0.6 is 0 Å². The summed E-state index contributed by atoms with van der Waals surface area (Å²) in [7, 11) is 0. The third-order valence-corrected chi connectivity index (χ3v) is 7.29. The molecule has 0 aromatic heterocycles. The molecule has 0 unspecified atom stereocenters. The van der Waals surface area contributed by atoms with Crippen molar-refractivity contribution in [1.29, 1.82) is 0 Å². The van der Waals surface area contributed by atoms with Crippen molar-refractivity contribution >= 4 is 17.7 Å². The van der Waals surface area contributed by atoms with Crippen LogP contribution in [0.25, 0.3) is 0 Å². The molecule has 5 rings (SSSR count). The van der Waals surface area contributed by atoms with E-state index in [-0.39, 0.29) is 41.4 Å². The van der Waals surface area contributed by atoms with Crippen molar-refractivity contribution < 1.29 is 14.4 Å². The maximum Gasteiger partial charge on any atom is 0.246 e. The number of hydrogen-bond acceptors (Lipinski definition) is 3. The smallest absolute Gasteiger partial charge is 0.246 e. The normalized spacial score (nSPS) is 31.9. The van der Waals surface area contributed by atoms with Crippen LogP contribution in [-0.4, -0.2) is 46.7 Å². The van der Waals surface area contributed by atoms with Gasteiger partial charge in [0, 0.05) is 19.5 Å². The molecular weight excluding hydrogens is 364 g/mol. The van der Waals surface area contributed by atoms with Crippen molar-refractivity contribution in [1.82, 2.24) is 9.80 Å². The van der Waals surface area contributed by atoms with Gasteiger partial charge in [0.05, 0.1) is 11.8 Å². The Balaban J connectivity index is 1.46. The largest absolute Gasteiger partial charge is 0.341 e. The molecule has 2 saturated heterocycles. The number of imide groups is 1. The zero-order valence-electron chi connectivity index (χ0n) is 16.7. The molecule has 2 bridgehead atoms. The number of benzene rings is 1. The molecule has 1 saturated carbocycles. The lowest BCUT2D eigenvalue weighted by Crippen LogP contribution is -2.53. The van der Waals surface area contributed by atoms with Gasteiger partial charge < -0.3 is 4.90 Å². The molecule has 3 fully saturated rings. The molecule has 5 atom stereocenters. The van der Waals surface area contributed by atoms with E-state index in [2.05, 4.69) is 12.2 Å². The van der Waals surface area contributed by atoms with Crippen molar-refractivity contribution in [2.45, 2.75) is 44.6 Å². The zero-order chi connectivity index (χ0) is 20.0. The molecule has 3 amide bonds. The Labute approximate surface area is 171 Å². The highest BCUT2D eigenvalue weighted by Crippen LogP contribution is 2.53. The van der Waals surface area contributed by atoms with Gasteiger partial charge in [0.15, 0.2) is 0 Å². The molecule has 29 heavy (non-hydrogen) atoms. The molecular formula is C24H28N2O3. The average Bonchev–Trinajstić information content (AvgIpc) is 3.33. The summed E-state index contributed by atoms with van der Waals surface area (Å²) in [5.74, 6) is -0.491.